The molecule has 0 radical (unpaired) electrons. The van der Waals surface area contributed by atoms with Crippen molar-refractivity contribution in [1.29, 1.82) is 5.26 Å². The number of carbonyl (C=O) groups excluding carboxylic acids is 1. The summed E-state index contributed by atoms with van der Waals surface area (Å²) in [6, 6.07) is 16.6. The number of hydrogen-bond acceptors (Lipinski definition) is 6. The maximum Gasteiger partial charge on any atom is 0.387 e. The lowest BCUT2D eigenvalue weighted by molar-refractivity contribution is -0.0512. The van der Waals surface area contributed by atoms with Gasteiger partial charge in [0.1, 0.15) is 24.2 Å². The van der Waals surface area contributed by atoms with E-state index in [1.165, 1.54) is 25.3 Å². The first-order valence-electron chi connectivity index (χ1n) is 9.60. The van der Waals surface area contributed by atoms with E-state index in [9.17, 15) is 13.6 Å². The van der Waals surface area contributed by atoms with E-state index in [0.717, 1.165) is 0 Å². The molecule has 32 heavy (non-hydrogen) atoms. The summed E-state index contributed by atoms with van der Waals surface area (Å²) in [4.78, 5) is 12.3. The van der Waals surface area contributed by atoms with Crippen LogP contribution in [-0.4, -0.2) is 26.2 Å². The number of nitrogens with one attached hydrogen (secondary N) is 1. The molecule has 0 unspecified atom stereocenters. The number of halogens is 2. The maximum absolute atomic E-state index is 12.5. The molecule has 0 aliphatic heterocycles. The predicted octanol–water partition coefficient (Wildman–Crippen LogP) is 4.31. The van der Waals surface area contributed by atoms with Crippen LogP contribution in [0.5, 0.6) is 17.2 Å². The van der Waals surface area contributed by atoms with Gasteiger partial charge in [0, 0.05) is 6.54 Å². The smallest absolute Gasteiger partial charge is 0.387 e. The van der Waals surface area contributed by atoms with E-state index in [-0.39, 0.29) is 30.4 Å². The summed E-state index contributed by atoms with van der Waals surface area (Å²) in [6.45, 7) is -2.66. The summed E-state index contributed by atoms with van der Waals surface area (Å²) in [6.07, 6.45) is 0.386. The molecule has 0 saturated heterocycles. The van der Waals surface area contributed by atoms with Crippen molar-refractivity contribution in [1.82, 2.24) is 5.32 Å². The quantitative estimate of drug-likeness (QED) is 0.503. The van der Waals surface area contributed by atoms with Crippen molar-refractivity contribution in [3.05, 3.63) is 77.2 Å². The van der Waals surface area contributed by atoms with Gasteiger partial charge in [0.2, 0.25) is 0 Å². The van der Waals surface area contributed by atoms with E-state index < -0.39 is 12.5 Å². The van der Waals surface area contributed by atoms with Crippen molar-refractivity contribution in [2.45, 2.75) is 19.6 Å². The number of rotatable bonds is 10. The lowest BCUT2D eigenvalue weighted by atomic mass is 10.1. The first-order valence-corrected chi connectivity index (χ1v) is 9.60. The highest BCUT2D eigenvalue weighted by atomic mass is 19.3. The summed E-state index contributed by atoms with van der Waals surface area (Å²) in [5.41, 5.74) is 1.09. The molecule has 0 aliphatic rings. The fraction of sp³-hybridized carbons (Fsp3) is 0.217. The Balaban J connectivity index is 1.52. The highest BCUT2D eigenvalue weighted by Gasteiger charge is 2.14. The van der Waals surface area contributed by atoms with Crippen molar-refractivity contribution in [2.24, 2.45) is 0 Å². The number of nitrogens with zero attached hydrogens (tertiary/aromatic N) is 1. The summed E-state index contributed by atoms with van der Waals surface area (Å²) in [5, 5.41) is 11.8. The van der Waals surface area contributed by atoms with Gasteiger partial charge in [-0.05, 0) is 48.4 Å². The average Bonchev–Trinajstić information content (AvgIpc) is 3.27. The highest BCUT2D eigenvalue weighted by Crippen LogP contribution is 2.29. The fourth-order valence-corrected chi connectivity index (χ4v) is 2.88. The predicted molar refractivity (Wildman–Crippen MR) is 110 cm³/mol. The second-order valence-electron chi connectivity index (χ2n) is 6.53. The van der Waals surface area contributed by atoms with E-state index in [1.54, 1.807) is 36.4 Å². The zero-order valence-corrected chi connectivity index (χ0v) is 17.1. The number of ether oxygens (including phenoxy) is 3. The number of methoxy groups -OCH3 is 1. The van der Waals surface area contributed by atoms with Gasteiger partial charge in [0.15, 0.2) is 17.3 Å². The molecule has 0 bridgehead atoms. The Kier molecular flexibility index (Phi) is 7.65. The second-order valence-corrected chi connectivity index (χ2v) is 6.53. The summed E-state index contributed by atoms with van der Waals surface area (Å²) in [7, 11) is 1.36. The van der Waals surface area contributed by atoms with Gasteiger partial charge in [0.05, 0.1) is 12.7 Å². The Hall–Kier alpha value is -4.06. The normalized spacial score (nSPS) is 10.5. The van der Waals surface area contributed by atoms with Crippen LogP contribution in [0.2, 0.25) is 0 Å². The lowest BCUT2D eigenvalue weighted by Crippen LogP contribution is -2.25. The molecule has 166 valence electrons. The van der Waals surface area contributed by atoms with Gasteiger partial charge in [0.25, 0.3) is 5.91 Å². The SMILES string of the molecule is COc1ccc(CCNC(=O)c2ccc(COc3ccccc3C#N)o2)cc1OC(F)F. The molecule has 0 spiro atoms. The van der Waals surface area contributed by atoms with E-state index >= 15 is 0 Å². The Morgan fingerprint density at radius 2 is 1.94 bits per heavy atom. The summed E-state index contributed by atoms with van der Waals surface area (Å²) in [5.74, 6) is 0.652. The van der Waals surface area contributed by atoms with Crippen molar-refractivity contribution in [3.63, 3.8) is 0 Å². The van der Waals surface area contributed by atoms with Gasteiger partial charge in [-0.15, -0.1) is 0 Å². The monoisotopic (exact) mass is 442 g/mol. The number of carbonyl (C=O) groups is 1. The first-order chi connectivity index (χ1) is 15.5. The number of para-hydroxylation sites is 1. The first kappa shape index (κ1) is 22.6. The van der Waals surface area contributed by atoms with E-state index in [4.69, 9.17) is 19.2 Å². The molecule has 0 fully saturated rings. The van der Waals surface area contributed by atoms with Gasteiger partial charge in [-0.25, -0.2) is 0 Å². The largest absolute Gasteiger partial charge is 0.493 e. The Bertz CT molecular complexity index is 1110. The lowest BCUT2D eigenvalue weighted by Gasteiger charge is -2.11. The molecule has 3 aromatic rings. The third kappa shape index (κ3) is 5.98. The van der Waals surface area contributed by atoms with Crippen molar-refractivity contribution < 1.29 is 32.2 Å². The van der Waals surface area contributed by atoms with Gasteiger partial charge >= 0.3 is 6.61 Å². The number of furan rings is 1. The fourth-order valence-electron chi connectivity index (χ4n) is 2.88. The average molecular weight is 442 g/mol. The third-order valence-electron chi connectivity index (χ3n) is 4.41. The van der Waals surface area contributed by atoms with Crippen LogP contribution in [0, 0.1) is 11.3 Å². The minimum Gasteiger partial charge on any atom is -0.493 e. The molecule has 0 aliphatic carbocycles. The Morgan fingerprint density at radius 1 is 1.12 bits per heavy atom. The van der Waals surface area contributed by atoms with Gasteiger partial charge < -0.3 is 23.9 Å². The second kappa shape index (κ2) is 10.8. The molecule has 0 saturated carbocycles. The third-order valence-corrected chi connectivity index (χ3v) is 4.41. The number of benzene rings is 2. The molecule has 0 atom stereocenters. The van der Waals surface area contributed by atoms with Crippen LogP contribution >= 0.6 is 0 Å². The zero-order valence-electron chi connectivity index (χ0n) is 17.1. The maximum atomic E-state index is 12.5. The molecular weight excluding hydrogens is 422 g/mol. The molecule has 1 aromatic heterocycles. The van der Waals surface area contributed by atoms with Crippen LogP contribution in [-0.2, 0) is 13.0 Å². The number of nitriles is 1. The molecule has 3 rings (SSSR count). The van der Waals surface area contributed by atoms with Crippen LogP contribution in [0.25, 0.3) is 0 Å². The molecule has 2 aromatic carbocycles. The van der Waals surface area contributed by atoms with E-state index in [0.29, 0.717) is 29.1 Å². The highest BCUT2D eigenvalue weighted by molar-refractivity contribution is 5.91. The molecule has 9 heteroatoms. The van der Waals surface area contributed by atoms with Gasteiger partial charge in [-0.1, -0.05) is 18.2 Å². The van der Waals surface area contributed by atoms with Gasteiger partial charge in [-0.2, -0.15) is 14.0 Å². The molecule has 1 amide bonds. The van der Waals surface area contributed by atoms with Crippen LogP contribution in [0.15, 0.2) is 59.0 Å². The van der Waals surface area contributed by atoms with Crippen LogP contribution in [0.4, 0.5) is 8.78 Å². The Labute approximate surface area is 183 Å². The molecule has 7 nitrogen and oxygen atoms in total. The van der Waals surface area contributed by atoms with Crippen molar-refractivity contribution >= 4 is 5.91 Å². The van der Waals surface area contributed by atoms with Gasteiger partial charge in [-0.3, -0.25) is 4.79 Å². The van der Waals surface area contributed by atoms with Crippen LogP contribution in [0.3, 0.4) is 0 Å². The van der Waals surface area contributed by atoms with E-state index in [1.807, 2.05) is 6.07 Å². The number of amides is 1. The zero-order chi connectivity index (χ0) is 22.9. The minimum absolute atomic E-state index is 0.0603. The number of alkyl halides is 2. The number of hydrogen-bond donors (Lipinski definition) is 1. The van der Waals surface area contributed by atoms with Crippen LogP contribution in [0.1, 0.15) is 27.4 Å². The summed E-state index contributed by atoms with van der Waals surface area (Å²) < 4.78 is 45.6. The van der Waals surface area contributed by atoms with Crippen molar-refractivity contribution in [2.75, 3.05) is 13.7 Å². The Morgan fingerprint density at radius 3 is 2.69 bits per heavy atom. The van der Waals surface area contributed by atoms with Crippen molar-refractivity contribution in [3.8, 4) is 23.3 Å². The van der Waals surface area contributed by atoms with Crippen LogP contribution < -0.4 is 19.5 Å². The standard InChI is InChI=1S/C23H20F2N2O5/c1-29-19-8-6-15(12-21(19)32-23(24)25)10-11-27-22(28)20-9-7-17(31-20)14-30-18-5-3-2-4-16(18)13-26/h2-9,12,23H,10-11,14H2,1H3,(H,27,28). The molecular formula is C23H20F2N2O5. The minimum atomic E-state index is -2.97. The molecule has 1 heterocycles. The van der Waals surface area contributed by atoms with E-state index in [2.05, 4.69) is 10.1 Å². The molecule has 1 N–H and O–H groups in total. The topological polar surface area (TPSA) is 93.7 Å². The summed E-state index contributed by atoms with van der Waals surface area (Å²) >= 11 is 0.